The second kappa shape index (κ2) is 4.97. The number of para-hydroxylation sites is 1. The van der Waals surface area contributed by atoms with E-state index in [0.29, 0.717) is 11.3 Å². The number of fused-ring (bicyclic) bond motifs is 1. The Bertz CT molecular complexity index is 554. The van der Waals surface area contributed by atoms with Crippen molar-refractivity contribution < 1.29 is 17.9 Å². The molecule has 2 rings (SSSR count). The van der Waals surface area contributed by atoms with Gasteiger partial charge in [-0.3, -0.25) is 0 Å². The Morgan fingerprint density at radius 2 is 1.80 bits per heavy atom. The summed E-state index contributed by atoms with van der Waals surface area (Å²) in [5.74, 6) is -0.368. The maximum atomic E-state index is 12.8. The average molecular weight is 347 g/mol. The van der Waals surface area contributed by atoms with Crippen molar-refractivity contribution >= 4 is 46.4 Å². The minimum Gasteiger partial charge on any atom is -0.466 e. The summed E-state index contributed by atoms with van der Waals surface area (Å²) in [6, 6.07) is 6.30. The van der Waals surface area contributed by atoms with Gasteiger partial charge in [0.15, 0.2) is 0 Å². The largest absolute Gasteiger partial charge is 0.466 e. The van der Waals surface area contributed by atoms with Crippen LogP contribution in [0.4, 0.5) is 18.9 Å². The quantitative estimate of drug-likeness (QED) is 0.634. The molecule has 0 radical (unpaired) electrons. The molecule has 0 aliphatic carbocycles. The summed E-state index contributed by atoms with van der Waals surface area (Å²) < 4.78 is 41.6. The first-order valence-corrected chi connectivity index (χ1v) is 6.66. The molecule has 0 fully saturated rings. The zero-order valence-corrected chi connectivity index (χ0v) is 12.4. The van der Waals surface area contributed by atoms with Crippen LogP contribution in [0.15, 0.2) is 29.3 Å². The first-order chi connectivity index (χ1) is 9.01. The zero-order valence-electron chi connectivity index (χ0n) is 10.1. The molecule has 2 nitrogen and oxygen atoms in total. The Balaban J connectivity index is 2.53. The Morgan fingerprint density at radius 3 is 2.35 bits per heavy atom. The lowest BCUT2D eigenvalue weighted by atomic mass is 9.89. The molecule has 20 heavy (non-hydrogen) atoms. The van der Waals surface area contributed by atoms with E-state index in [0.717, 1.165) is 0 Å². The van der Waals surface area contributed by atoms with Gasteiger partial charge in [-0.25, -0.2) is 4.99 Å². The average Bonchev–Trinajstić information content (AvgIpc) is 2.24. The van der Waals surface area contributed by atoms with Crippen molar-refractivity contribution in [2.75, 3.05) is 0 Å². The van der Waals surface area contributed by atoms with Gasteiger partial charge in [-0.2, -0.15) is 13.2 Å². The lowest BCUT2D eigenvalue weighted by molar-refractivity contribution is -0.172. The van der Waals surface area contributed by atoms with Gasteiger partial charge in [0, 0.05) is 5.56 Å². The molecule has 0 saturated carbocycles. The fraction of sp³-hybridized carbons (Fsp3) is 0.417. The van der Waals surface area contributed by atoms with Crippen molar-refractivity contribution in [3.63, 3.8) is 0 Å². The number of halogens is 6. The second-order valence-corrected chi connectivity index (χ2v) is 6.84. The Labute approximate surface area is 128 Å². The third-order valence-corrected chi connectivity index (χ3v) is 3.28. The van der Waals surface area contributed by atoms with Crippen LogP contribution in [0.5, 0.6) is 0 Å². The molecular formula is C12H9Cl3F3NO. The van der Waals surface area contributed by atoms with E-state index in [1.54, 1.807) is 18.2 Å². The van der Waals surface area contributed by atoms with E-state index in [9.17, 15) is 13.2 Å². The molecule has 8 heteroatoms. The predicted molar refractivity (Wildman–Crippen MR) is 72.9 cm³/mol. The molecule has 0 N–H and O–H groups in total. The van der Waals surface area contributed by atoms with Gasteiger partial charge in [0.1, 0.15) is 5.60 Å². The van der Waals surface area contributed by atoms with Crippen LogP contribution in [-0.4, -0.2) is 15.9 Å². The van der Waals surface area contributed by atoms with Crippen molar-refractivity contribution in [3.8, 4) is 0 Å². The lowest BCUT2D eigenvalue weighted by Crippen LogP contribution is -2.40. The maximum absolute atomic E-state index is 12.8. The lowest BCUT2D eigenvalue weighted by Gasteiger charge is -2.37. The standard InChI is InChI=1S/C12H9Cl3F3NO/c1-10(6-11(16,17)18)7-4-2-3-5-8(7)19-9(20-10)12(13,14)15/h2-5H,6H2,1H3. The van der Waals surface area contributed by atoms with Crippen LogP contribution < -0.4 is 0 Å². The predicted octanol–water partition coefficient (Wildman–Crippen LogP) is 5.28. The molecule has 0 amide bonds. The number of ether oxygens (including phenoxy) is 1. The van der Waals surface area contributed by atoms with E-state index in [4.69, 9.17) is 39.5 Å². The van der Waals surface area contributed by atoms with Gasteiger partial charge in [0.2, 0.25) is 5.90 Å². The van der Waals surface area contributed by atoms with E-state index in [2.05, 4.69) is 4.99 Å². The van der Waals surface area contributed by atoms with E-state index in [1.165, 1.54) is 13.0 Å². The smallest absolute Gasteiger partial charge is 0.393 e. The number of benzene rings is 1. The van der Waals surface area contributed by atoms with E-state index < -0.39 is 22.0 Å². The van der Waals surface area contributed by atoms with Crippen molar-refractivity contribution in [1.82, 2.24) is 0 Å². The van der Waals surface area contributed by atoms with Crippen LogP contribution in [0.2, 0.25) is 0 Å². The molecule has 1 aromatic carbocycles. The summed E-state index contributed by atoms with van der Waals surface area (Å²) in [6.45, 7) is 1.30. The summed E-state index contributed by atoms with van der Waals surface area (Å²) in [5, 5.41) is 0. The van der Waals surface area contributed by atoms with Crippen LogP contribution in [0.1, 0.15) is 18.9 Å². The summed E-state index contributed by atoms with van der Waals surface area (Å²) >= 11 is 17.0. The number of alkyl halides is 6. The first kappa shape index (κ1) is 15.7. The number of rotatable bonds is 1. The van der Waals surface area contributed by atoms with E-state index in [-0.39, 0.29) is 5.90 Å². The highest BCUT2D eigenvalue weighted by atomic mass is 35.6. The van der Waals surface area contributed by atoms with Crippen molar-refractivity contribution in [2.24, 2.45) is 4.99 Å². The van der Waals surface area contributed by atoms with Gasteiger partial charge in [-0.15, -0.1) is 0 Å². The Kier molecular flexibility index (Phi) is 3.91. The van der Waals surface area contributed by atoms with Gasteiger partial charge in [0.25, 0.3) is 3.79 Å². The third kappa shape index (κ3) is 3.32. The normalized spacial score (nSPS) is 22.9. The first-order valence-electron chi connectivity index (χ1n) is 5.52. The summed E-state index contributed by atoms with van der Waals surface area (Å²) in [7, 11) is 0. The number of hydrogen-bond donors (Lipinski definition) is 0. The molecule has 0 bridgehead atoms. The van der Waals surface area contributed by atoms with E-state index >= 15 is 0 Å². The topological polar surface area (TPSA) is 21.6 Å². The van der Waals surface area contributed by atoms with Crippen LogP contribution in [0.3, 0.4) is 0 Å². The fourth-order valence-corrected chi connectivity index (χ4v) is 2.30. The molecule has 1 aromatic rings. The van der Waals surface area contributed by atoms with Crippen LogP contribution >= 0.6 is 34.8 Å². The maximum Gasteiger partial charge on any atom is 0.393 e. The molecule has 1 unspecified atom stereocenters. The fourth-order valence-electron chi connectivity index (χ4n) is 2.05. The zero-order chi connectivity index (χ0) is 15.2. The Hall–Kier alpha value is -0.650. The van der Waals surface area contributed by atoms with Crippen molar-refractivity contribution in [3.05, 3.63) is 29.8 Å². The van der Waals surface area contributed by atoms with Gasteiger partial charge in [-0.05, 0) is 13.0 Å². The minimum atomic E-state index is -4.43. The molecule has 0 aromatic heterocycles. The third-order valence-electron chi connectivity index (χ3n) is 2.80. The molecule has 1 heterocycles. The molecule has 1 aliphatic rings. The van der Waals surface area contributed by atoms with Crippen molar-refractivity contribution in [2.45, 2.75) is 28.9 Å². The number of hydrogen-bond acceptors (Lipinski definition) is 2. The molecule has 1 aliphatic heterocycles. The highest BCUT2D eigenvalue weighted by molar-refractivity contribution is 6.76. The molecule has 0 spiro atoms. The van der Waals surface area contributed by atoms with Gasteiger partial charge < -0.3 is 4.74 Å². The Morgan fingerprint density at radius 1 is 1.20 bits per heavy atom. The van der Waals surface area contributed by atoms with Crippen LogP contribution in [-0.2, 0) is 10.3 Å². The SMILES string of the molecule is CC1(CC(F)(F)F)OC(C(Cl)(Cl)Cl)=Nc2ccccc21. The van der Waals surface area contributed by atoms with Crippen LogP contribution in [0, 0.1) is 0 Å². The van der Waals surface area contributed by atoms with Gasteiger partial charge >= 0.3 is 6.18 Å². The molecule has 0 saturated heterocycles. The summed E-state index contributed by atoms with van der Waals surface area (Å²) in [5.41, 5.74) is -1.09. The second-order valence-electron chi connectivity index (χ2n) is 4.56. The van der Waals surface area contributed by atoms with Gasteiger partial charge in [-0.1, -0.05) is 53.0 Å². The highest BCUT2D eigenvalue weighted by Crippen LogP contribution is 2.47. The highest BCUT2D eigenvalue weighted by Gasteiger charge is 2.48. The van der Waals surface area contributed by atoms with Gasteiger partial charge in [0.05, 0.1) is 12.1 Å². The summed E-state index contributed by atoms with van der Waals surface area (Å²) in [6.07, 6.45) is -5.64. The molecule has 110 valence electrons. The molecule has 1 atom stereocenters. The summed E-state index contributed by atoms with van der Waals surface area (Å²) in [4.78, 5) is 3.97. The minimum absolute atomic E-state index is 0.298. The monoisotopic (exact) mass is 345 g/mol. The van der Waals surface area contributed by atoms with Crippen molar-refractivity contribution in [1.29, 1.82) is 0 Å². The molecular weight excluding hydrogens is 337 g/mol. The van der Waals surface area contributed by atoms with E-state index in [1.807, 2.05) is 0 Å². The number of aliphatic imine (C=N–C) groups is 1. The van der Waals surface area contributed by atoms with Crippen LogP contribution in [0.25, 0.3) is 0 Å². The number of nitrogens with zero attached hydrogens (tertiary/aromatic N) is 1.